The molecule has 35 heavy (non-hydrogen) atoms. The molecule has 192 valence electrons. The second-order valence-corrected chi connectivity index (χ2v) is 8.55. The molecule has 0 atom stereocenters. The summed E-state index contributed by atoms with van der Waals surface area (Å²) >= 11 is 7.25. The van der Waals surface area contributed by atoms with Gasteiger partial charge in [0.25, 0.3) is 0 Å². The van der Waals surface area contributed by atoms with Crippen molar-refractivity contribution in [3.63, 3.8) is 0 Å². The molecule has 2 heterocycles. The molecule has 11 heteroatoms. The lowest BCUT2D eigenvalue weighted by molar-refractivity contribution is -0.143. The van der Waals surface area contributed by atoms with Gasteiger partial charge in [0.2, 0.25) is 0 Å². The van der Waals surface area contributed by atoms with Gasteiger partial charge in [-0.3, -0.25) is 9.36 Å². The summed E-state index contributed by atoms with van der Waals surface area (Å²) in [6.07, 6.45) is -3.95. The summed E-state index contributed by atoms with van der Waals surface area (Å²) in [5.74, 6) is -0.841. The number of carbonyl (C=O) groups excluding carboxylic acids is 2. The van der Waals surface area contributed by atoms with E-state index in [4.69, 9.17) is 21.1 Å². The molecule has 1 aromatic carbocycles. The second-order valence-electron chi connectivity index (χ2n) is 7.13. The Morgan fingerprint density at radius 2 is 1.83 bits per heavy atom. The largest absolute Gasteiger partial charge is 0.466 e. The van der Waals surface area contributed by atoms with Gasteiger partial charge >= 0.3 is 12.1 Å². The number of nitrogens with zero attached hydrogens (tertiary/aromatic N) is 2. The molecule has 3 aromatic rings. The van der Waals surface area contributed by atoms with E-state index in [0.29, 0.717) is 5.00 Å². The molecule has 0 aliphatic rings. The summed E-state index contributed by atoms with van der Waals surface area (Å²) in [7, 11) is 0. The zero-order chi connectivity index (χ0) is 26.8. The number of thiophene rings is 1. The monoisotopic (exact) mass is 532 g/mol. The SMILES string of the molecule is C=O.CCC.CCOC(=O)Cc1nc(C(F)(F)F)c(Cl)n1-c1ccc(-c2ccc(CO)c(C)c2)s1. The van der Waals surface area contributed by atoms with Gasteiger partial charge in [0.1, 0.15) is 29.2 Å². The average molecular weight is 533 g/mol. The van der Waals surface area contributed by atoms with Crippen LogP contribution in [0.5, 0.6) is 0 Å². The highest BCUT2D eigenvalue weighted by Crippen LogP contribution is 2.39. The summed E-state index contributed by atoms with van der Waals surface area (Å²) in [5.41, 5.74) is 1.29. The molecule has 0 fully saturated rings. The first-order chi connectivity index (χ1) is 16.6. The van der Waals surface area contributed by atoms with Crippen LogP contribution in [0.1, 0.15) is 49.8 Å². The molecule has 0 radical (unpaired) electrons. The summed E-state index contributed by atoms with van der Waals surface area (Å²) in [6.45, 7) is 9.74. The van der Waals surface area contributed by atoms with Crippen LogP contribution >= 0.6 is 22.9 Å². The van der Waals surface area contributed by atoms with Gasteiger partial charge in [-0.05, 0) is 42.7 Å². The molecule has 2 aromatic heterocycles. The van der Waals surface area contributed by atoms with Crippen molar-refractivity contribution >= 4 is 35.7 Å². The van der Waals surface area contributed by atoms with E-state index in [-0.39, 0.29) is 19.0 Å². The molecule has 3 rings (SSSR count). The standard InChI is InChI=1S/C20H18ClF3N2O3S.C3H8.CH2O/c1-3-29-17(28)9-15-25-18(20(22,23)24)19(21)26(15)16-7-6-14(30-16)12-4-5-13(10-27)11(2)8-12;1-3-2;1-2/h4-8,27H,3,9-10H2,1-2H3;3H2,1-2H3;1H2. The number of aromatic nitrogens is 2. The Hall–Kier alpha value is -2.69. The number of aliphatic hydroxyl groups is 1. The van der Waals surface area contributed by atoms with Crippen molar-refractivity contribution in [2.24, 2.45) is 0 Å². The third-order valence-electron chi connectivity index (χ3n) is 4.38. The maximum absolute atomic E-state index is 13.3. The van der Waals surface area contributed by atoms with Gasteiger partial charge in [0.05, 0.1) is 13.2 Å². The molecule has 0 spiro atoms. The average Bonchev–Trinajstić information content (AvgIpc) is 3.40. The molecule has 0 unspecified atom stereocenters. The molecule has 0 bridgehead atoms. The highest BCUT2D eigenvalue weighted by Gasteiger charge is 2.39. The number of halogens is 4. The molecule has 0 aliphatic heterocycles. The number of rotatable bonds is 6. The van der Waals surface area contributed by atoms with E-state index in [9.17, 15) is 23.1 Å². The molecular weight excluding hydrogens is 505 g/mol. The van der Waals surface area contributed by atoms with Gasteiger partial charge in [0.15, 0.2) is 5.69 Å². The fraction of sp³-hybridized carbons (Fsp3) is 0.375. The molecule has 0 amide bonds. The summed E-state index contributed by atoms with van der Waals surface area (Å²) in [4.78, 5) is 24.2. The lowest BCUT2D eigenvalue weighted by Crippen LogP contribution is -2.12. The van der Waals surface area contributed by atoms with Crippen LogP contribution in [-0.4, -0.2) is 34.0 Å². The van der Waals surface area contributed by atoms with Crippen LogP contribution in [0.2, 0.25) is 5.15 Å². The number of aliphatic hydroxyl groups excluding tert-OH is 1. The normalized spacial score (nSPS) is 10.7. The smallest absolute Gasteiger partial charge is 0.436 e. The van der Waals surface area contributed by atoms with Gasteiger partial charge in [0, 0.05) is 4.88 Å². The van der Waals surface area contributed by atoms with Crippen LogP contribution < -0.4 is 0 Å². The highest BCUT2D eigenvalue weighted by molar-refractivity contribution is 7.17. The Bertz CT molecular complexity index is 1110. The van der Waals surface area contributed by atoms with Crippen molar-refractivity contribution in [3.8, 4) is 15.4 Å². The molecule has 0 aliphatic carbocycles. The molecule has 6 nitrogen and oxygen atoms in total. The van der Waals surface area contributed by atoms with Crippen molar-refractivity contribution in [1.29, 1.82) is 0 Å². The number of aryl methyl sites for hydroxylation is 1. The lowest BCUT2D eigenvalue weighted by Gasteiger charge is -2.07. The first-order valence-electron chi connectivity index (χ1n) is 10.7. The van der Waals surface area contributed by atoms with Crippen LogP contribution in [0.4, 0.5) is 13.2 Å². The Labute approximate surface area is 211 Å². The summed E-state index contributed by atoms with van der Waals surface area (Å²) in [5, 5.41) is 9.10. The number of ether oxygens (including phenoxy) is 1. The zero-order valence-electron chi connectivity index (χ0n) is 19.9. The molecule has 0 saturated heterocycles. The number of hydrogen-bond acceptors (Lipinski definition) is 6. The second kappa shape index (κ2) is 14.0. The van der Waals surface area contributed by atoms with Crippen LogP contribution in [0, 0.1) is 6.92 Å². The minimum Gasteiger partial charge on any atom is -0.466 e. The number of imidazole rings is 1. The number of alkyl halides is 3. The predicted octanol–water partition coefficient (Wildman–Crippen LogP) is 6.41. The van der Waals surface area contributed by atoms with Gasteiger partial charge in [-0.1, -0.05) is 50.1 Å². The Balaban J connectivity index is 0.00000114. The van der Waals surface area contributed by atoms with E-state index in [2.05, 4.69) is 18.8 Å². The summed E-state index contributed by atoms with van der Waals surface area (Å²) < 4.78 is 46.0. The summed E-state index contributed by atoms with van der Waals surface area (Å²) in [6, 6.07) is 8.88. The first-order valence-corrected chi connectivity index (χ1v) is 11.9. The predicted molar refractivity (Wildman–Crippen MR) is 131 cm³/mol. The fourth-order valence-corrected chi connectivity index (χ4v) is 4.36. The zero-order valence-corrected chi connectivity index (χ0v) is 21.5. The maximum Gasteiger partial charge on any atom is 0.436 e. The Morgan fingerprint density at radius 3 is 2.34 bits per heavy atom. The third-order valence-corrected chi connectivity index (χ3v) is 5.84. The minimum atomic E-state index is -4.76. The Kier molecular flexibility index (Phi) is 12.1. The highest BCUT2D eigenvalue weighted by atomic mass is 35.5. The molecule has 1 N–H and O–H groups in total. The Morgan fingerprint density at radius 1 is 1.20 bits per heavy atom. The van der Waals surface area contributed by atoms with Crippen LogP contribution in [0.25, 0.3) is 15.4 Å². The minimum absolute atomic E-state index is 0.0795. The number of carbonyl (C=O) groups is 2. The first kappa shape index (κ1) is 30.3. The van der Waals surface area contributed by atoms with Crippen LogP contribution in [0.3, 0.4) is 0 Å². The van der Waals surface area contributed by atoms with Crippen LogP contribution in [0.15, 0.2) is 30.3 Å². The van der Waals surface area contributed by atoms with Crippen molar-refractivity contribution in [1.82, 2.24) is 9.55 Å². The van der Waals surface area contributed by atoms with Crippen LogP contribution in [-0.2, 0) is 33.5 Å². The van der Waals surface area contributed by atoms with E-state index < -0.39 is 29.4 Å². The van der Waals surface area contributed by atoms with E-state index in [0.717, 1.165) is 26.1 Å². The molecule has 0 saturated carbocycles. The quantitative estimate of drug-likeness (QED) is 0.371. The topological polar surface area (TPSA) is 81.4 Å². The van der Waals surface area contributed by atoms with Crippen molar-refractivity contribution in [3.05, 3.63) is 58.1 Å². The van der Waals surface area contributed by atoms with E-state index >= 15 is 0 Å². The van der Waals surface area contributed by atoms with Gasteiger partial charge in [-0.2, -0.15) is 13.2 Å². The third kappa shape index (κ3) is 7.91. The van der Waals surface area contributed by atoms with E-state index in [1.807, 2.05) is 25.8 Å². The maximum atomic E-state index is 13.3. The van der Waals surface area contributed by atoms with Gasteiger partial charge < -0.3 is 14.6 Å². The lowest BCUT2D eigenvalue weighted by atomic mass is 10.0. The number of benzene rings is 1. The number of hydrogen-bond donors (Lipinski definition) is 1. The van der Waals surface area contributed by atoms with Crippen molar-refractivity contribution in [2.45, 2.75) is 53.3 Å². The molecular formula is C24H28ClF3N2O4S. The van der Waals surface area contributed by atoms with E-state index in [1.54, 1.807) is 25.1 Å². The fourth-order valence-electron chi connectivity index (χ4n) is 2.94. The van der Waals surface area contributed by atoms with E-state index in [1.165, 1.54) is 17.8 Å². The van der Waals surface area contributed by atoms with Crippen molar-refractivity contribution in [2.75, 3.05) is 6.61 Å². The number of esters is 1. The van der Waals surface area contributed by atoms with Gasteiger partial charge in [-0.25, -0.2) is 4.98 Å². The van der Waals surface area contributed by atoms with Crippen molar-refractivity contribution < 1.29 is 32.6 Å². The van der Waals surface area contributed by atoms with Gasteiger partial charge in [-0.15, -0.1) is 11.3 Å².